The molecule has 1 rings (SSSR count). The molecule has 0 amide bonds. The molecule has 3 heteroatoms. The number of ketones is 1. The summed E-state index contributed by atoms with van der Waals surface area (Å²) in [5.74, 6) is -0.436. The summed E-state index contributed by atoms with van der Waals surface area (Å²) >= 11 is 5.63. The number of Topliss-reactive ketones (excluding diaryl/α,β-unsaturated/α-hetero) is 1. The fourth-order valence-corrected chi connectivity index (χ4v) is 1.88. The van der Waals surface area contributed by atoms with Crippen molar-refractivity contribution >= 4 is 17.4 Å². The summed E-state index contributed by atoms with van der Waals surface area (Å²) in [6, 6.07) is 4.15. The maximum absolute atomic E-state index is 12.9. The van der Waals surface area contributed by atoms with E-state index < -0.39 is 5.82 Å². The Morgan fingerprint density at radius 2 is 1.94 bits per heavy atom. The minimum absolute atomic E-state index is 0.0156. The molecule has 0 saturated heterocycles. The van der Waals surface area contributed by atoms with Gasteiger partial charge in [-0.05, 0) is 24.6 Å². The Hall–Kier alpha value is -0.890. The second-order valence-electron chi connectivity index (χ2n) is 4.22. The van der Waals surface area contributed by atoms with E-state index in [-0.39, 0.29) is 10.8 Å². The van der Waals surface area contributed by atoms with Gasteiger partial charge >= 0.3 is 0 Å². The number of rotatable bonds is 7. The minimum atomic E-state index is -0.480. The number of hydrogen-bond acceptors (Lipinski definition) is 1. The first-order valence-corrected chi connectivity index (χ1v) is 6.51. The molecule has 0 radical (unpaired) electrons. The van der Waals surface area contributed by atoms with Gasteiger partial charge in [0.2, 0.25) is 0 Å². The average Bonchev–Trinajstić information content (AvgIpc) is 2.32. The van der Waals surface area contributed by atoms with Crippen molar-refractivity contribution in [2.45, 2.75) is 45.4 Å². The molecule has 0 aliphatic heterocycles. The van der Waals surface area contributed by atoms with E-state index in [0.717, 1.165) is 12.8 Å². The van der Waals surface area contributed by atoms with Gasteiger partial charge in [0.15, 0.2) is 5.78 Å². The van der Waals surface area contributed by atoms with Crippen molar-refractivity contribution in [3.63, 3.8) is 0 Å². The largest absolute Gasteiger partial charge is 0.294 e. The summed E-state index contributed by atoms with van der Waals surface area (Å²) < 4.78 is 12.9. The summed E-state index contributed by atoms with van der Waals surface area (Å²) in [6.45, 7) is 2.16. The van der Waals surface area contributed by atoms with Crippen molar-refractivity contribution in [2.24, 2.45) is 0 Å². The highest BCUT2D eigenvalue weighted by atomic mass is 35.5. The lowest BCUT2D eigenvalue weighted by molar-refractivity contribution is 0.0979. The van der Waals surface area contributed by atoms with Crippen molar-refractivity contribution in [3.05, 3.63) is 34.6 Å². The number of carbonyl (C=O) groups is 1. The van der Waals surface area contributed by atoms with E-state index in [0.29, 0.717) is 12.0 Å². The van der Waals surface area contributed by atoms with Crippen molar-refractivity contribution in [3.8, 4) is 0 Å². The number of halogens is 2. The molecule has 0 saturated carbocycles. The first-order valence-electron chi connectivity index (χ1n) is 6.13. The number of benzene rings is 1. The van der Waals surface area contributed by atoms with Crippen LogP contribution in [0.3, 0.4) is 0 Å². The average molecular weight is 257 g/mol. The molecule has 0 spiro atoms. The molecule has 0 bridgehead atoms. The molecule has 0 aliphatic carbocycles. The third-order valence-electron chi connectivity index (χ3n) is 2.75. The van der Waals surface area contributed by atoms with Crippen molar-refractivity contribution in [1.82, 2.24) is 0 Å². The lowest BCUT2D eigenvalue weighted by Gasteiger charge is -2.02. The molecule has 0 atom stereocenters. The topological polar surface area (TPSA) is 17.1 Å². The number of carbonyl (C=O) groups excluding carboxylic acids is 1. The van der Waals surface area contributed by atoms with Crippen molar-refractivity contribution < 1.29 is 9.18 Å². The predicted molar refractivity (Wildman–Crippen MR) is 69.1 cm³/mol. The van der Waals surface area contributed by atoms with Crippen molar-refractivity contribution in [1.29, 1.82) is 0 Å². The summed E-state index contributed by atoms with van der Waals surface area (Å²) in [7, 11) is 0. The second kappa shape index (κ2) is 7.44. The summed E-state index contributed by atoms with van der Waals surface area (Å²) in [4.78, 5) is 11.8. The van der Waals surface area contributed by atoms with E-state index in [1.165, 1.54) is 37.5 Å². The molecule has 1 aromatic carbocycles. The Bertz CT molecular complexity index is 376. The molecule has 0 heterocycles. The van der Waals surface area contributed by atoms with Crippen molar-refractivity contribution in [2.75, 3.05) is 0 Å². The van der Waals surface area contributed by atoms with Gasteiger partial charge < -0.3 is 0 Å². The van der Waals surface area contributed by atoms with E-state index in [9.17, 15) is 9.18 Å². The summed E-state index contributed by atoms with van der Waals surface area (Å²) in [5.41, 5.74) is 0.506. The Morgan fingerprint density at radius 3 is 2.59 bits per heavy atom. The normalized spacial score (nSPS) is 10.5. The van der Waals surface area contributed by atoms with Gasteiger partial charge in [0, 0.05) is 12.0 Å². The van der Waals surface area contributed by atoms with Crippen LogP contribution in [0.25, 0.3) is 0 Å². The molecule has 94 valence electrons. The fraction of sp³-hybridized carbons (Fsp3) is 0.500. The van der Waals surface area contributed by atoms with Crippen LogP contribution in [0.1, 0.15) is 55.8 Å². The number of unbranched alkanes of at least 4 members (excludes halogenated alkanes) is 4. The minimum Gasteiger partial charge on any atom is -0.294 e. The molecular formula is C14H18ClFO. The smallest absolute Gasteiger partial charge is 0.162 e. The van der Waals surface area contributed by atoms with Gasteiger partial charge in [0.05, 0.1) is 5.02 Å². The molecule has 1 nitrogen and oxygen atoms in total. The van der Waals surface area contributed by atoms with Gasteiger partial charge in [-0.1, -0.05) is 44.2 Å². The molecule has 0 N–H and O–H groups in total. The first kappa shape index (κ1) is 14.2. The third kappa shape index (κ3) is 4.86. The zero-order chi connectivity index (χ0) is 12.7. The first-order chi connectivity index (χ1) is 8.15. The van der Waals surface area contributed by atoms with Gasteiger partial charge in [0.1, 0.15) is 5.82 Å². The van der Waals surface area contributed by atoms with Crippen LogP contribution in [0.2, 0.25) is 5.02 Å². The quantitative estimate of drug-likeness (QED) is 0.494. The van der Waals surface area contributed by atoms with Gasteiger partial charge in [0.25, 0.3) is 0 Å². The molecule has 0 aliphatic rings. The van der Waals surface area contributed by atoms with Gasteiger partial charge in [-0.15, -0.1) is 0 Å². The summed E-state index contributed by atoms with van der Waals surface area (Å²) in [6.07, 6.45) is 6.08. The third-order valence-corrected chi connectivity index (χ3v) is 3.04. The molecule has 17 heavy (non-hydrogen) atoms. The highest BCUT2D eigenvalue weighted by Crippen LogP contribution is 2.18. The standard InChI is InChI=1S/C14H18ClFO/c1-2-3-4-5-6-7-14(17)11-8-9-13(16)12(15)10-11/h8-10H,2-7H2,1H3. The lowest BCUT2D eigenvalue weighted by Crippen LogP contribution is -1.99. The van der Waals surface area contributed by atoms with Crippen LogP contribution in [-0.4, -0.2) is 5.78 Å². The molecule has 0 unspecified atom stereocenters. The van der Waals surface area contributed by atoms with Crippen LogP contribution < -0.4 is 0 Å². The number of hydrogen-bond donors (Lipinski definition) is 0. The molecule has 0 aromatic heterocycles. The molecule has 0 fully saturated rings. The van der Waals surface area contributed by atoms with E-state index in [4.69, 9.17) is 11.6 Å². The van der Waals surface area contributed by atoms with Crippen LogP contribution in [0.4, 0.5) is 4.39 Å². The maximum Gasteiger partial charge on any atom is 0.162 e. The predicted octanol–water partition coefficient (Wildman–Crippen LogP) is 5.02. The second-order valence-corrected chi connectivity index (χ2v) is 4.62. The summed E-state index contributed by atoms with van der Waals surface area (Å²) in [5, 5.41) is 0.0156. The van der Waals surface area contributed by atoms with E-state index in [2.05, 4.69) is 6.92 Å². The zero-order valence-corrected chi connectivity index (χ0v) is 10.9. The lowest BCUT2D eigenvalue weighted by atomic mass is 10.0. The van der Waals surface area contributed by atoms with E-state index in [1.807, 2.05) is 0 Å². The highest BCUT2D eigenvalue weighted by molar-refractivity contribution is 6.31. The van der Waals surface area contributed by atoms with Gasteiger partial charge in [-0.2, -0.15) is 0 Å². The van der Waals surface area contributed by atoms with E-state index >= 15 is 0 Å². The maximum atomic E-state index is 12.9. The fourth-order valence-electron chi connectivity index (χ4n) is 1.70. The Kier molecular flexibility index (Phi) is 6.20. The van der Waals surface area contributed by atoms with Crippen LogP contribution >= 0.6 is 11.6 Å². The Labute approximate surface area is 107 Å². The highest BCUT2D eigenvalue weighted by Gasteiger charge is 2.08. The zero-order valence-electron chi connectivity index (χ0n) is 10.1. The van der Waals surface area contributed by atoms with Crippen LogP contribution in [0.5, 0.6) is 0 Å². The monoisotopic (exact) mass is 256 g/mol. The van der Waals surface area contributed by atoms with Gasteiger partial charge in [-0.3, -0.25) is 4.79 Å². The van der Waals surface area contributed by atoms with E-state index in [1.54, 1.807) is 0 Å². The molecular weight excluding hydrogens is 239 g/mol. The van der Waals surface area contributed by atoms with Crippen LogP contribution in [-0.2, 0) is 0 Å². The molecule has 1 aromatic rings. The Morgan fingerprint density at radius 1 is 1.24 bits per heavy atom. The van der Waals surface area contributed by atoms with Gasteiger partial charge in [-0.25, -0.2) is 4.39 Å². The Balaban J connectivity index is 2.39. The van der Waals surface area contributed by atoms with Crippen LogP contribution in [0.15, 0.2) is 18.2 Å². The SMILES string of the molecule is CCCCCCCC(=O)c1ccc(F)c(Cl)c1. The van der Waals surface area contributed by atoms with Crippen LogP contribution in [0, 0.1) is 5.82 Å².